The van der Waals surface area contributed by atoms with E-state index in [1.165, 1.54) is 4.68 Å². The van der Waals surface area contributed by atoms with Crippen LogP contribution in [0, 0.1) is 0 Å². The number of aromatic amines is 1. The quantitative estimate of drug-likeness (QED) is 0.231. The maximum absolute atomic E-state index is 13.0. The Kier molecular flexibility index (Phi) is 7.61. The highest BCUT2D eigenvalue weighted by atomic mass is 35.5. The predicted molar refractivity (Wildman–Crippen MR) is 161 cm³/mol. The number of urea groups is 1. The lowest BCUT2D eigenvalue weighted by atomic mass is 9.92. The number of amides is 2. The number of carbonyl (C=O) groups excluding carboxylic acids is 1. The molecule has 2 aromatic heterocycles. The number of aromatic nitrogens is 5. The second-order valence-electron chi connectivity index (χ2n) is 10.4. The Balaban J connectivity index is 1.46. The lowest BCUT2D eigenvalue weighted by Crippen LogP contribution is -2.29. The van der Waals surface area contributed by atoms with E-state index in [0.717, 1.165) is 10.3 Å². The summed E-state index contributed by atoms with van der Waals surface area (Å²) < 4.78 is 3.94. The molecule has 0 atom stereocenters. The number of hydrogen-bond acceptors (Lipinski definition) is 4. The first-order chi connectivity index (χ1) is 19.5. The van der Waals surface area contributed by atoms with Crippen molar-refractivity contribution in [1.29, 1.82) is 0 Å². The van der Waals surface area contributed by atoms with E-state index < -0.39 is 17.4 Å². The highest BCUT2D eigenvalue weighted by Gasteiger charge is 2.22. The fourth-order valence-corrected chi connectivity index (χ4v) is 4.52. The molecule has 0 bridgehead atoms. The number of nitrogens with one attached hydrogen (secondary N) is 3. The van der Waals surface area contributed by atoms with E-state index in [0.29, 0.717) is 33.5 Å². The number of carbonyl (C=O) groups is 1. The van der Waals surface area contributed by atoms with Gasteiger partial charge in [-0.25, -0.2) is 33.4 Å². The molecule has 0 radical (unpaired) electrons. The summed E-state index contributed by atoms with van der Waals surface area (Å²) in [4.78, 5) is 38.7. The molecule has 0 aliphatic rings. The molecular formula is C29H27Cl2N7O3. The van der Waals surface area contributed by atoms with Crippen LogP contribution in [0.4, 0.5) is 16.3 Å². The molecular weight excluding hydrogens is 565 g/mol. The lowest BCUT2D eigenvalue weighted by molar-refractivity contribution is 0.262. The number of anilines is 2. The van der Waals surface area contributed by atoms with Gasteiger partial charge >= 0.3 is 17.4 Å². The smallest absolute Gasteiger partial charge is 0.306 e. The third-order valence-corrected chi connectivity index (χ3v) is 7.12. The summed E-state index contributed by atoms with van der Waals surface area (Å²) in [5, 5.41) is 13.5. The van der Waals surface area contributed by atoms with Gasteiger partial charge in [0.1, 0.15) is 5.82 Å². The summed E-state index contributed by atoms with van der Waals surface area (Å²) in [6.45, 7) is 6.08. The molecule has 0 aliphatic heterocycles. The first kappa shape index (κ1) is 28.0. The van der Waals surface area contributed by atoms with Gasteiger partial charge in [0.2, 0.25) is 0 Å². The lowest BCUT2D eigenvalue weighted by Gasteiger charge is -2.14. The average molecular weight is 592 g/mol. The van der Waals surface area contributed by atoms with Gasteiger partial charge in [-0.3, -0.25) is 5.32 Å². The summed E-state index contributed by atoms with van der Waals surface area (Å²) in [6.07, 6.45) is 0. The zero-order chi connectivity index (χ0) is 29.3. The van der Waals surface area contributed by atoms with Crippen molar-refractivity contribution in [1.82, 2.24) is 24.1 Å². The van der Waals surface area contributed by atoms with Gasteiger partial charge < -0.3 is 5.32 Å². The molecule has 2 amide bonds. The van der Waals surface area contributed by atoms with E-state index in [9.17, 15) is 14.4 Å². The number of benzene rings is 3. The molecule has 3 aromatic carbocycles. The summed E-state index contributed by atoms with van der Waals surface area (Å²) in [6, 6.07) is 22.3. The predicted octanol–water partition coefficient (Wildman–Crippen LogP) is 5.81. The topological polar surface area (TPSA) is 119 Å². The van der Waals surface area contributed by atoms with Crippen LogP contribution in [0.1, 0.15) is 32.0 Å². The molecule has 210 valence electrons. The molecule has 3 N–H and O–H groups in total. The van der Waals surface area contributed by atoms with Crippen LogP contribution in [-0.2, 0) is 12.0 Å². The van der Waals surface area contributed by atoms with E-state index in [-0.39, 0.29) is 17.0 Å². The van der Waals surface area contributed by atoms with Crippen LogP contribution in [0.5, 0.6) is 0 Å². The second-order valence-corrected chi connectivity index (χ2v) is 11.2. The van der Waals surface area contributed by atoms with E-state index in [1.54, 1.807) is 59.3 Å². The van der Waals surface area contributed by atoms with Gasteiger partial charge in [-0.2, -0.15) is 5.10 Å². The Labute approximate surface area is 245 Å². The molecule has 0 aliphatic carbocycles. The van der Waals surface area contributed by atoms with Gasteiger partial charge in [0.25, 0.3) is 0 Å². The fourth-order valence-electron chi connectivity index (χ4n) is 4.18. The van der Waals surface area contributed by atoms with Crippen molar-refractivity contribution < 1.29 is 4.79 Å². The fraction of sp³-hybridized carbons (Fsp3) is 0.172. The van der Waals surface area contributed by atoms with Crippen molar-refractivity contribution in [2.45, 2.75) is 32.7 Å². The molecule has 10 nitrogen and oxygen atoms in total. The number of hydrogen-bond donors (Lipinski definition) is 3. The molecule has 0 saturated heterocycles. The summed E-state index contributed by atoms with van der Waals surface area (Å²) in [7, 11) is 0. The van der Waals surface area contributed by atoms with Gasteiger partial charge in [0, 0.05) is 11.5 Å². The summed E-state index contributed by atoms with van der Waals surface area (Å²) >= 11 is 12.3. The van der Waals surface area contributed by atoms with E-state index >= 15 is 0 Å². The van der Waals surface area contributed by atoms with Gasteiger partial charge in [-0.05, 0) is 42.0 Å². The van der Waals surface area contributed by atoms with Gasteiger partial charge in [0.05, 0.1) is 39.3 Å². The molecule has 0 unspecified atom stereocenters. The van der Waals surface area contributed by atoms with Crippen LogP contribution in [0.15, 0.2) is 88.5 Å². The Bertz CT molecular complexity index is 1850. The zero-order valence-corrected chi connectivity index (χ0v) is 24.0. The minimum Gasteiger partial charge on any atom is -0.306 e. The van der Waals surface area contributed by atoms with Crippen LogP contribution in [0.2, 0.25) is 10.0 Å². The van der Waals surface area contributed by atoms with E-state index in [1.807, 2.05) is 45.0 Å². The maximum atomic E-state index is 13.0. The number of nitrogens with zero attached hydrogens (tertiary/aromatic N) is 4. The number of H-pyrrole nitrogens is 1. The molecule has 12 heteroatoms. The van der Waals surface area contributed by atoms with Gasteiger partial charge in [-0.15, -0.1) is 0 Å². The van der Waals surface area contributed by atoms with Crippen molar-refractivity contribution in [2.75, 3.05) is 10.6 Å². The van der Waals surface area contributed by atoms with Crippen LogP contribution in [0.3, 0.4) is 0 Å². The van der Waals surface area contributed by atoms with Crippen LogP contribution in [-0.4, -0.2) is 30.2 Å². The third kappa shape index (κ3) is 5.98. The van der Waals surface area contributed by atoms with E-state index in [2.05, 4.69) is 15.7 Å². The number of para-hydroxylation sites is 1. The van der Waals surface area contributed by atoms with Crippen molar-refractivity contribution in [3.8, 4) is 11.4 Å². The van der Waals surface area contributed by atoms with Crippen molar-refractivity contribution in [3.05, 3.63) is 121 Å². The molecule has 5 aromatic rings. The molecule has 5 rings (SSSR count). The highest BCUT2D eigenvalue weighted by molar-refractivity contribution is 6.44. The minimum absolute atomic E-state index is 0.0335. The first-order valence-corrected chi connectivity index (χ1v) is 13.5. The largest absolute Gasteiger partial charge is 0.352 e. The summed E-state index contributed by atoms with van der Waals surface area (Å²) in [5.41, 5.74) is 1.65. The molecule has 0 fully saturated rings. The van der Waals surface area contributed by atoms with Crippen LogP contribution >= 0.6 is 23.2 Å². The molecule has 2 heterocycles. The highest BCUT2D eigenvalue weighted by Crippen LogP contribution is 2.30. The molecule has 41 heavy (non-hydrogen) atoms. The monoisotopic (exact) mass is 591 g/mol. The maximum Gasteiger partial charge on any atom is 0.352 e. The van der Waals surface area contributed by atoms with Gasteiger partial charge in [0.15, 0.2) is 0 Å². The Morgan fingerprint density at radius 1 is 0.902 bits per heavy atom. The second kappa shape index (κ2) is 11.1. The normalized spacial score (nSPS) is 11.4. The molecule has 0 saturated carbocycles. The van der Waals surface area contributed by atoms with Crippen molar-refractivity contribution >= 4 is 40.7 Å². The van der Waals surface area contributed by atoms with E-state index in [4.69, 9.17) is 28.3 Å². The Hall–Kier alpha value is -4.54. The van der Waals surface area contributed by atoms with Crippen molar-refractivity contribution in [3.63, 3.8) is 0 Å². The first-order valence-electron chi connectivity index (χ1n) is 12.7. The average Bonchev–Trinajstić information content (AvgIpc) is 3.48. The number of halogens is 2. The molecule has 0 spiro atoms. The standard InChI is InChI=1S/C29H27Cl2N7O3/c1-29(2,3)23-16-24(33-26(39)32-22-14-8-13-21(30)25(22)31)37(34-23)20-12-7-9-18(15-20)17-36-27(40)35-38(28(36)41)19-10-5-4-6-11-19/h4-16H,17H2,1-3H3,(H,35,40)(H2,32,33,39). The third-order valence-electron chi connectivity index (χ3n) is 6.30. The zero-order valence-electron chi connectivity index (χ0n) is 22.5. The summed E-state index contributed by atoms with van der Waals surface area (Å²) in [5.74, 6) is 0.410. The Morgan fingerprint density at radius 2 is 1.61 bits per heavy atom. The van der Waals surface area contributed by atoms with Gasteiger partial charge in [-0.1, -0.05) is 80.4 Å². The Morgan fingerprint density at radius 3 is 2.34 bits per heavy atom. The minimum atomic E-state index is -0.535. The van der Waals surface area contributed by atoms with Crippen molar-refractivity contribution in [2.24, 2.45) is 0 Å². The number of rotatable bonds is 6. The van der Waals surface area contributed by atoms with Crippen LogP contribution in [0.25, 0.3) is 11.4 Å². The SMILES string of the molecule is CC(C)(C)c1cc(NC(=O)Nc2cccc(Cl)c2Cl)n(-c2cccc(Cn3c(=O)[nH]n(-c4ccccc4)c3=O)c2)n1. The van der Waals surface area contributed by atoms with Crippen LogP contribution < -0.4 is 22.0 Å².